The standard InChI is InChI=1S/C18H25NO/c1-4-14(5-2)12-20-18-16(13(3)19)11-10-15-8-6-7-9-17(15)18/h6-11,13-14H,4-5,12,19H2,1-3H3/t13-/m1/s1. The Morgan fingerprint density at radius 3 is 2.40 bits per heavy atom. The lowest BCUT2D eigenvalue weighted by atomic mass is 10.0. The molecule has 2 aromatic rings. The molecule has 0 saturated carbocycles. The van der Waals surface area contributed by atoms with E-state index in [0.717, 1.165) is 36.1 Å². The van der Waals surface area contributed by atoms with Gasteiger partial charge in [0.15, 0.2) is 0 Å². The van der Waals surface area contributed by atoms with Gasteiger partial charge in [0.1, 0.15) is 5.75 Å². The first-order valence-corrected chi connectivity index (χ1v) is 7.57. The lowest BCUT2D eigenvalue weighted by Crippen LogP contribution is -2.13. The van der Waals surface area contributed by atoms with E-state index in [9.17, 15) is 0 Å². The molecule has 0 bridgehead atoms. The zero-order chi connectivity index (χ0) is 14.5. The first kappa shape index (κ1) is 14.9. The van der Waals surface area contributed by atoms with Crippen LogP contribution in [-0.4, -0.2) is 6.61 Å². The molecule has 0 unspecified atom stereocenters. The van der Waals surface area contributed by atoms with Crippen molar-refractivity contribution in [3.05, 3.63) is 42.0 Å². The highest BCUT2D eigenvalue weighted by atomic mass is 16.5. The Hall–Kier alpha value is -1.54. The summed E-state index contributed by atoms with van der Waals surface area (Å²) < 4.78 is 6.18. The second-order valence-corrected chi connectivity index (χ2v) is 5.49. The van der Waals surface area contributed by atoms with Gasteiger partial charge in [0.05, 0.1) is 6.61 Å². The maximum absolute atomic E-state index is 6.18. The monoisotopic (exact) mass is 271 g/mol. The van der Waals surface area contributed by atoms with Crippen LogP contribution in [0.5, 0.6) is 5.75 Å². The lowest BCUT2D eigenvalue weighted by molar-refractivity contribution is 0.240. The van der Waals surface area contributed by atoms with E-state index in [4.69, 9.17) is 10.5 Å². The molecule has 0 spiro atoms. The second-order valence-electron chi connectivity index (χ2n) is 5.49. The molecule has 1 atom stereocenters. The molecule has 0 heterocycles. The molecule has 2 N–H and O–H groups in total. The van der Waals surface area contributed by atoms with E-state index in [0.29, 0.717) is 5.92 Å². The van der Waals surface area contributed by atoms with Crippen molar-refractivity contribution in [3.8, 4) is 5.75 Å². The molecule has 0 saturated heterocycles. The number of benzene rings is 2. The third-order valence-electron chi connectivity index (χ3n) is 4.02. The molecule has 0 aliphatic carbocycles. The van der Waals surface area contributed by atoms with Gasteiger partial charge < -0.3 is 10.5 Å². The maximum atomic E-state index is 6.18. The molecule has 0 radical (unpaired) electrons. The van der Waals surface area contributed by atoms with Crippen LogP contribution in [0.15, 0.2) is 36.4 Å². The third kappa shape index (κ3) is 3.13. The lowest BCUT2D eigenvalue weighted by Gasteiger charge is -2.19. The number of nitrogens with two attached hydrogens (primary N) is 1. The van der Waals surface area contributed by atoms with Crippen molar-refractivity contribution < 1.29 is 4.74 Å². The second kappa shape index (κ2) is 6.76. The van der Waals surface area contributed by atoms with Crippen molar-refractivity contribution in [1.82, 2.24) is 0 Å². The van der Waals surface area contributed by atoms with Crippen LogP contribution >= 0.6 is 0 Å². The minimum absolute atomic E-state index is 0.0173. The predicted molar refractivity (Wildman–Crippen MR) is 86.1 cm³/mol. The zero-order valence-corrected chi connectivity index (χ0v) is 12.7. The van der Waals surface area contributed by atoms with Crippen LogP contribution in [0, 0.1) is 5.92 Å². The first-order valence-electron chi connectivity index (χ1n) is 7.57. The van der Waals surface area contributed by atoms with Gasteiger partial charge in [-0.05, 0) is 18.2 Å². The van der Waals surface area contributed by atoms with Crippen molar-refractivity contribution >= 4 is 10.8 Å². The molecule has 2 nitrogen and oxygen atoms in total. The van der Waals surface area contributed by atoms with Gasteiger partial charge in [-0.2, -0.15) is 0 Å². The van der Waals surface area contributed by atoms with Crippen LogP contribution < -0.4 is 10.5 Å². The highest BCUT2D eigenvalue weighted by Crippen LogP contribution is 2.33. The Morgan fingerprint density at radius 1 is 1.05 bits per heavy atom. The fourth-order valence-corrected chi connectivity index (χ4v) is 2.51. The van der Waals surface area contributed by atoms with Gasteiger partial charge >= 0.3 is 0 Å². The summed E-state index contributed by atoms with van der Waals surface area (Å²) in [5.41, 5.74) is 7.19. The van der Waals surface area contributed by atoms with Crippen molar-refractivity contribution in [1.29, 1.82) is 0 Å². The van der Waals surface area contributed by atoms with Crippen LogP contribution in [0.1, 0.15) is 45.2 Å². The molecule has 0 aliphatic rings. The summed E-state index contributed by atoms with van der Waals surface area (Å²) in [7, 11) is 0. The van der Waals surface area contributed by atoms with Crippen LogP contribution in [0.3, 0.4) is 0 Å². The van der Waals surface area contributed by atoms with E-state index in [2.05, 4.69) is 50.2 Å². The van der Waals surface area contributed by atoms with Crippen LogP contribution in [0.2, 0.25) is 0 Å². The Bertz CT molecular complexity index is 558. The maximum Gasteiger partial charge on any atom is 0.131 e. The number of hydrogen-bond acceptors (Lipinski definition) is 2. The average molecular weight is 271 g/mol. The molecule has 2 heteroatoms. The van der Waals surface area contributed by atoms with E-state index in [-0.39, 0.29) is 6.04 Å². The number of fused-ring (bicyclic) bond motifs is 1. The summed E-state index contributed by atoms with van der Waals surface area (Å²) in [6, 6.07) is 12.5. The molecular formula is C18H25NO. The zero-order valence-electron chi connectivity index (χ0n) is 12.7. The van der Waals surface area contributed by atoms with Crippen molar-refractivity contribution in [2.45, 2.75) is 39.7 Å². The number of hydrogen-bond donors (Lipinski definition) is 1. The highest BCUT2D eigenvalue weighted by Gasteiger charge is 2.13. The van der Waals surface area contributed by atoms with E-state index in [1.54, 1.807) is 0 Å². The largest absolute Gasteiger partial charge is 0.492 e. The number of rotatable bonds is 6. The Kier molecular flexibility index (Phi) is 5.02. The van der Waals surface area contributed by atoms with E-state index in [1.165, 1.54) is 5.39 Å². The summed E-state index contributed by atoms with van der Waals surface area (Å²) >= 11 is 0. The predicted octanol–water partition coefficient (Wildman–Crippen LogP) is 4.67. The highest BCUT2D eigenvalue weighted by molar-refractivity contribution is 5.89. The molecule has 20 heavy (non-hydrogen) atoms. The average Bonchev–Trinajstić information content (AvgIpc) is 2.47. The van der Waals surface area contributed by atoms with Crippen molar-refractivity contribution in [2.24, 2.45) is 11.7 Å². The summed E-state index contributed by atoms with van der Waals surface area (Å²) in [5, 5.41) is 2.37. The molecule has 2 rings (SSSR count). The SMILES string of the molecule is CCC(CC)COc1c([C@@H](C)N)ccc2ccccc12. The van der Waals surface area contributed by atoms with Crippen molar-refractivity contribution in [2.75, 3.05) is 6.61 Å². The van der Waals surface area contributed by atoms with E-state index < -0.39 is 0 Å². The van der Waals surface area contributed by atoms with E-state index >= 15 is 0 Å². The Labute approximate surface area is 121 Å². The Balaban J connectivity index is 2.39. The van der Waals surface area contributed by atoms with Gasteiger partial charge in [-0.25, -0.2) is 0 Å². The summed E-state index contributed by atoms with van der Waals surface area (Å²) in [6.07, 6.45) is 2.30. The topological polar surface area (TPSA) is 35.2 Å². The van der Waals surface area contributed by atoms with Crippen LogP contribution in [0.4, 0.5) is 0 Å². The summed E-state index contributed by atoms with van der Waals surface area (Å²) in [6.45, 7) is 7.20. The fraction of sp³-hybridized carbons (Fsp3) is 0.444. The van der Waals surface area contributed by atoms with Gasteiger partial charge in [0, 0.05) is 17.0 Å². The summed E-state index contributed by atoms with van der Waals surface area (Å²) in [5.74, 6) is 1.57. The van der Waals surface area contributed by atoms with E-state index in [1.807, 2.05) is 6.92 Å². The van der Waals surface area contributed by atoms with Gasteiger partial charge in [0.2, 0.25) is 0 Å². The number of ether oxygens (including phenoxy) is 1. The fourth-order valence-electron chi connectivity index (χ4n) is 2.51. The third-order valence-corrected chi connectivity index (χ3v) is 4.02. The molecule has 0 amide bonds. The van der Waals surface area contributed by atoms with Crippen LogP contribution in [0.25, 0.3) is 10.8 Å². The Morgan fingerprint density at radius 2 is 1.75 bits per heavy atom. The quantitative estimate of drug-likeness (QED) is 0.828. The molecular weight excluding hydrogens is 246 g/mol. The minimum atomic E-state index is -0.0173. The van der Waals surface area contributed by atoms with Crippen molar-refractivity contribution in [3.63, 3.8) is 0 Å². The molecule has 0 fully saturated rings. The van der Waals surface area contributed by atoms with Gasteiger partial charge in [-0.15, -0.1) is 0 Å². The van der Waals surface area contributed by atoms with Gasteiger partial charge in [0.25, 0.3) is 0 Å². The minimum Gasteiger partial charge on any atom is -0.492 e. The van der Waals surface area contributed by atoms with Gasteiger partial charge in [-0.1, -0.05) is 63.1 Å². The smallest absolute Gasteiger partial charge is 0.131 e. The van der Waals surface area contributed by atoms with Gasteiger partial charge in [-0.3, -0.25) is 0 Å². The summed E-state index contributed by atoms with van der Waals surface area (Å²) in [4.78, 5) is 0. The first-order chi connectivity index (χ1) is 9.67. The molecule has 108 valence electrons. The molecule has 2 aromatic carbocycles. The molecule has 0 aliphatic heterocycles. The molecule has 0 aromatic heterocycles. The normalized spacial score (nSPS) is 12.8. The van der Waals surface area contributed by atoms with Crippen LogP contribution in [-0.2, 0) is 0 Å².